The standard InChI is InChI=1S/C20H27N5O3.2CH2O2/c1-24-15(11-19(26)25-6-8-28-9-7-25)3-4-16(24)12-21-20(27)14-2-5-17-18(10-14)23-13-22-17;2*2-1-3/h2,5,10,13,15-16H,3-4,6-9,11-12H2,1H3,(H,21,27)(H,22,23);2*1H,(H,2,3)/t15-,16+;;/m1../s1. The van der Waals surface area contributed by atoms with Gasteiger partial charge in [0.15, 0.2) is 0 Å². The van der Waals surface area contributed by atoms with E-state index in [4.69, 9.17) is 24.5 Å². The number of carbonyl (C=O) groups excluding carboxylic acids is 2. The highest BCUT2D eigenvalue weighted by Crippen LogP contribution is 2.25. The molecule has 2 amide bonds. The molecule has 186 valence electrons. The number of H-pyrrole nitrogens is 1. The number of carboxylic acid groups (broad SMARTS) is 2. The van der Waals surface area contributed by atoms with Gasteiger partial charge in [-0.05, 0) is 38.1 Å². The van der Waals surface area contributed by atoms with Gasteiger partial charge >= 0.3 is 0 Å². The van der Waals surface area contributed by atoms with Crippen molar-refractivity contribution in [3.05, 3.63) is 30.1 Å². The third-order valence-corrected chi connectivity index (χ3v) is 5.94. The van der Waals surface area contributed by atoms with E-state index in [1.165, 1.54) is 0 Å². The van der Waals surface area contributed by atoms with Gasteiger partial charge in [0.05, 0.1) is 30.6 Å². The number of hydrogen-bond donors (Lipinski definition) is 4. The number of carbonyl (C=O) groups is 4. The molecule has 12 heteroatoms. The second kappa shape index (κ2) is 13.9. The Morgan fingerprint density at radius 2 is 1.82 bits per heavy atom. The number of likely N-dealkylation sites (N-methyl/N-ethyl adjacent to an activating group) is 1. The minimum atomic E-state index is -0.250. The molecule has 0 aliphatic carbocycles. The number of amides is 2. The van der Waals surface area contributed by atoms with E-state index < -0.39 is 0 Å². The molecule has 34 heavy (non-hydrogen) atoms. The maximum atomic E-state index is 12.5. The van der Waals surface area contributed by atoms with Crippen LogP contribution in [0, 0.1) is 0 Å². The van der Waals surface area contributed by atoms with E-state index in [9.17, 15) is 9.59 Å². The van der Waals surface area contributed by atoms with Crippen LogP contribution in [-0.4, -0.2) is 107 Å². The molecule has 2 aromatic rings. The van der Waals surface area contributed by atoms with Gasteiger partial charge < -0.3 is 30.2 Å². The lowest BCUT2D eigenvalue weighted by Crippen LogP contribution is -2.45. The molecule has 2 saturated heterocycles. The summed E-state index contributed by atoms with van der Waals surface area (Å²) in [6, 6.07) is 5.94. The van der Waals surface area contributed by atoms with Crippen LogP contribution in [0.1, 0.15) is 29.6 Å². The van der Waals surface area contributed by atoms with Gasteiger partial charge in [0.25, 0.3) is 18.9 Å². The van der Waals surface area contributed by atoms with Gasteiger partial charge in [-0.3, -0.25) is 24.1 Å². The smallest absolute Gasteiger partial charge is 0.290 e. The lowest BCUT2D eigenvalue weighted by Gasteiger charge is -2.30. The third-order valence-electron chi connectivity index (χ3n) is 5.94. The zero-order valence-corrected chi connectivity index (χ0v) is 19.1. The third kappa shape index (κ3) is 7.52. The van der Waals surface area contributed by atoms with E-state index in [1.54, 1.807) is 12.4 Å². The molecule has 2 aliphatic rings. The van der Waals surface area contributed by atoms with E-state index >= 15 is 0 Å². The monoisotopic (exact) mass is 477 g/mol. The van der Waals surface area contributed by atoms with E-state index in [1.807, 2.05) is 17.0 Å². The van der Waals surface area contributed by atoms with Crippen LogP contribution in [0.5, 0.6) is 0 Å². The summed E-state index contributed by atoms with van der Waals surface area (Å²) in [5.41, 5.74) is 2.32. The quantitative estimate of drug-likeness (QED) is 0.446. The van der Waals surface area contributed by atoms with Gasteiger partial charge in [-0.2, -0.15) is 0 Å². The second-order valence-corrected chi connectivity index (χ2v) is 7.80. The van der Waals surface area contributed by atoms with Crippen molar-refractivity contribution in [3.63, 3.8) is 0 Å². The van der Waals surface area contributed by atoms with Crippen LogP contribution in [-0.2, 0) is 19.1 Å². The summed E-state index contributed by atoms with van der Waals surface area (Å²) in [4.78, 5) is 53.1. The van der Waals surface area contributed by atoms with Crippen molar-refractivity contribution < 1.29 is 34.1 Å². The summed E-state index contributed by atoms with van der Waals surface area (Å²) < 4.78 is 5.32. The van der Waals surface area contributed by atoms with Gasteiger partial charge in [-0.1, -0.05) is 0 Å². The second-order valence-electron chi connectivity index (χ2n) is 7.80. The first-order chi connectivity index (χ1) is 16.4. The van der Waals surface area contributed by atoms with Crippen molar-refractivity contribution in [2.45, 2.75) is 31.3 Å². The maximum Gasteiger partial charge on any atom is 0.290 e. The first-order valence-corrected chi connectivity index (χ1v) is 10.9. The minimum Gasteiger partial charge on any atom is -0.483 e. The number of rotatable bonds is 5. The molecule has 2 fully saturated rings. The topological polar surface area (TPSA) is 165 Å². The Labute approximate surface area is 196 Å². The number of ether oxygens (including phenoxy) is 1. The molecule has 0 saturated carbocycles. The molecule has 3 heterocycles. The average Bonchev–Trinajstić information content (AvgIpc) is 3.45. The van der Waals surface area contributed by atoms with Crippen molar-refractivity contribution in [1.82, 2.24) is 25.1 Å². The molecule has 4 N–H and O–H groups in total. The molecule has 0 spiro atoms. The zero-order valence-electron chi connectivity index (χ0n) is 19.1. The number of nitrogens with zero attached hydrogens (tertiary/aromatic N) is 3. The largest absolute Gasteiger partial charge is 0.483 e. The fourth-order valence-electron chi connectivity index (χ4n) is 4.12. The molecule has 2 atom stereocenters. The van der Waals surface area contributed by atoms with Crippen LogP contribution in [0.4, 0.5) is 0 Å². The van der Waals surface area contributed by atoms with Crippen LogP contribution < -0.4 is 5.32 Å². The SMILES string of the molecule is CN1[C@@H](CC(=O)N2CCOCC2)CC[C@H]1CNC(=O)c1ccc2nc[nH]c2c1.O=CO.O=CO. The number of morpholine rings is 1. The van der Waals surface area contributed by atoms with E-state index in [0.29, 0.717) is 44.8 Å². The molecule has 0 bridgehead atoms. The van der Waals surface area contributed by atoms with E-state index in [0.717, 1.165) is 23.9 Å². The molecule has 0 radical (unpaired) electrons. The number of imidazole rings is 1. The normalized spacial score (nSPS) is 19.9. The first-order valence-electron chi connectivity index (χ1n) is 10.9. The number of likely N-dealkylation sites (tertiary alicyclic amines) is 1. The maximum absolute atomic E-state index is 12.5. The number of benzene rings is 1. The van der Waals surface area contributed by atoms with Gasteiger partial charge in [0.2, 0.25) is 5.91 Å². The minimum absolute atomic E-state index is 0.0854. The van der Waals surface area contributed by atoms with Gasteiger partial charge in [0.1, 0.15) is 0 Å². The Bertz CT molecular complexity index is 939. The molecule has 0 unspecified atom stereocenters. The summed E-state index contributed by atoms with van der Waals surface area (Å²) in [5.74, 6) is 0.121. The van der Waals surface area contributed by atoms with Crippen LogP contribution >= 0.6 is 0 Å². The lowest BCUT2D eigenvalue weighted by molar-refractivity contribution is -0.136. The van der Waals surface area contributed by atoms with E-state index in [2.05, 4.69) is 27.2 Å². The Hall–Kier alpha value is -3.51. The zero-order chi connectivity index (χ0) is 24.9. The summed E-state index contributed by atoms with van der Waals surface area (Å²) >= 11 is 0. The van der Waals surface area contributed by atoms with Crippen molar-refractivity contribution in [3.8, 4) is 0 Å². The summed E-state index contributed by atoms with van der Waals surface area (Å²) in [6.45, 7) is 2.72. The van der Waals surface area contributed by atoms with Gasteiger partial charge in [-0.25, -0.2) is 4.98 Å². The van der Waals surface area contributed by atoms with Crippen LogP contribution in [0.3, 0.4) is 0 Å². The van der Waals surface area contributed by atoms with Crippen molar-refractivity contribution >= 4 is 35.8 Å². The average molecular weight is 478 g/mol. The first kappa shape index (κ1) is 26.7. The summed E-state index contributed by atoms with van der Waals surface area (Å²) in [6.07, 6.45) is 4.13. The molecule has 1 aromatic heterocycles. The predicted molar refractivity (Wildman–Crippen MR) is 122 cm³/mol. The molecule has 12 nitrogen and oxygen atoms in total. The van der Waals surface area contributed by atoms with Crippen LogP contribution in [0.15, 0.2) is 24.5 Å². The Morgan fingerprint density at radius 1 is 1.18 bits per heavy atom. The molecule has 4 rings (SSSR count). The molecular weight excluding hydrogens is 446 g/mol. The number of aromatic nitrogens is 2. The fraction of sp³-hybridized carbons (Fsp3) is 0.500. The van der Waals surface area contributed by atoms with E-state index in [-0.39, 0.29) is 36.8 Å². The molecule has 2 aliphatic heterocycles. The number of fused-ring (bicyclic) bond motifs is 1. The Morgan fingerprint density at radius 3 is 2.50 bits per heavy atom. The van der Waals surface area contributed by atoms with Crippen molar-refractivity contribution in [1.29, 1.82) is 0 Å². The molecule has 1 aromatic carbocycles. The highest BCUT2D eigenvalue weighted by molar-refractivity contribution is 5.97. The Kier molecular flexibility index (Phi) is 10.9. The van der Waals surface area contributed by atoms with Crippen LogP contribution in [0.25, 0.3) is 11.0 Å². The number of nitrogens with one attached hydrogen (secondary N) is 2. The van der Waals surface area contributed by atoms with Gasteiger partial charge in [-0.15, -0.1) is 0 Å². The highest BCUT2D eigenvalue weighted by Gasteiger charge is 2.33. The van der Waals surface area contributed by atoms with Crippen molar-refractivity contribution in [2.75, 3.05) is 39.9 Å². The number of aromatic amines is 1. The highest BCUT2D eigenvalue weighted by atomic mass is 16.5. The fourth-order valence-corrected chi connectivity index (χ4v) is 4.12. The summed E-state index contributed by atoms with van der Waals surface area (Å²) in [7, 11) is 2.05. The summed E-state index contributed by atoms with van der Waals surface area (Å²) in [5, 5.41) is 16.8. The van der Waals surface area contributed by atoms with Gasteiger partial charge in [0, 0.05) is 43.7 Å². The number of hydrogen-bond acceptors (Lipinski definition) is 7. The lowest BCUT2D eigenvalue weighted by atomic mass is 10.1. The predicted octanol–water partition coefficient (Wildman–Crippen LogP) is 0.406. The molecular formula is C22H31N5O7. The van der Waals surface area contributed by atoms with Crippen LogP contribution in [0.2, 0.25) is 0 Å². The Balaban J connectivity index is 0.000000618. The van der Waals surface area contributed by atoms with Crippen molar-refractivity contribution in [2.24, 2.45) is 0 Å².